The van der Waals surface area contributed by atoms with Crippen molar-refractivity contribution in [3.8, 4) is 0 Å². The van der Waals surface area contributed by atoms with E-state index in [9.17, 15) is 4.79 Å². The molecule has 0 aliphatic heterocycles. The monoisotopic (exact) mass is 191 g/mol. The first-order chi connectivity index (χ1) is 6.88. The van der Waals surface area contributed by atoms with Crippen LogP contribution in [0.15, 0.2) is 33.5 Å². The van der Waals surface area contributed by atoms with E-state index in [-0.39, 0.29) is 0 Å². The maximum absolute atomic E-state index is 10.2. The number of oxazole rings is 1. The average molecular weight is 191 g/mol. The van der Waals surface area contributed by atoms with Gasteiger partial charge in [-0.05, 0) is 12.1 Å². The lowest BCUT2D eigenvalue weighted by Gasteiger charge is -1.88. The summed E-state index contributed by atoms with van der Waals surface area (Å²) in [6.07, 6.45) is 4.71. The Morgan fingerprint density at radius 2 is 2.36 bits per heavy atom. The molecular weight excluding hydrogens is 182 g/mol. The molecule has 0 aliphatic rings. The van der Waals surface area contributed by atoms with Crippen molar-refractivity contribution < 1.29 is 13.6 Å². The third-order valence-electron chi connectivity index (χ3n) is 1.80. The van der Waals surface area contributed by atoms with Crippen LogP contribution in [0.4, 0.5) is 0 Å². The van der Waals surface area contributed by atoms with Gasteiger partial charge in [0, 0.05) is 6.42 Å². The Morgan fingerprint density at radius 3 is 3.07 bits per heavy atom. The van der Waals surface area contributed by atoms with Crippen molar-refractivity contribution in [2.24, 2.45) is 0 Å². The SMILES string of the molecule is O=CCc1coc(Cc2ccco2)n1. The highest BCUT2D eigenvalue weighted by Gasteiger charge is 2.05. The molecule has 14 heavy (non-hydrogen) atoms. The molecule has 72 valence electrons. The first kappa shape index (κ1) is 8.74. The molecule has 0 N–H and O–H groups in total. The lowest BCUT2D eigenvalue weighted by atomic mass is 10.3. The van der Waals surface area contributed by atoms with Gasteiger partial charge < -0.3 is 13.6 Å². The zero-order valence-electron chi connectivity index (χ0n) is 7.47. The second kappa shape index (κ2) is 3.91. The van der Waals surface area contributed by atoms with Crippen LogP contribution in [-0.4, -0.2) is 11.3 Å². The fourth-order valence-corrected chi connectivity index (χ4v) is 1.17. The molecular formula is C10H9NO3. The third-order valence-corrected chi connectivity index (χ3v) is 1.80. The Bertz CT molecular complexity index is 403. The summed E-state index contributed by atoms with van der Waals surface area (Å²) in [5, 5.41) is 0. The van der Waals surface area contributed by atoms with E-state index in [2.05, 4.69) is 4.98 Å². The van der Waals surface area contributed by atoms with Gasteiger partial charge in [-0.2, -0.15) is 0 Å². The molecule has 0 fully saturated rings. The van der Waals surface area contributed by atoms with Crippen LogP contribution in [-0.2, 0) is 17.6 Å². The largest absolute Gasteiger partial charge is 0.469 e. The van der Waals surface area contributed by atoms with E-state index in [1.165, 1.54) is 6.26 Å². The Hall–Kier alpha value is -1.84. The van der Waals surface area contributed by atoms with Crippen molar-refractivity contribution in [3.05, 3.63) is 42.0 Å². The second-order valence-electron chi connectivity index (χ2n) is 2.86. The topological polar surface area (TPSA) is 56.2 Å². The molecule has 2 rings (SSSR count). The molecule has 0 bridgehead atoms. The number of carbonyl (C=O) groups excluding carboxylic acids is 1. The van der Waals surface area contributed by atoms with Gasteiger partial charge in [-0.25, -0.2) is 4.98 Å². The van der Waals surface area contributed by atoms with Gasteiger partial charge in [-0.1, -0.05) is 0 Å². The van der Waals surface area contributed by atoms with Crippen LogP contribution in [0, 0.1) is 0 Å². The van der Waals surface area contributed by atoms with Gasteiger partial charge >= 0.3 is 0 Å². The number of aldehydes is 1. The molecule has 0 spiro atoms. The van der Waals surface area contributed by atoms with E-state index in [0.717, 1.165) is 12.0 Å². The molecule has 0 radical (unpaired) electrons. The summed E-state index contributed by atoms with van der Waals surface area (Å²) in [5.74, 6) is 1.36. The van der Waals surface area contributed by atoms with Crippen molar-refractivity contribution in [3.63, 3.8) is 0 Å². The standard InChI is InChI=1S/C10H9NO3/c12-4-3-8-7-14-10(11-8)6-9-2-1-5-13-9/h1-2,4-5,7H,3,6H2. The number of carbonyl (C=O) groups is 1. The van der Waals surface area contributed by atoms with Crippen LogP contribution in [0.5, 0.6) is 0 Å². The summed E-state index contributed by atoms with van der Waals surface area (Å²) >= 11 is 0. The fraction of sp³-hybridized carbons (Fsp3) is 0.200. The molecule has 2 aromatic heterocycles. The lowest BCUT2D eigenvalue weighted by Crippen LogP contribution is -1.89. The maximum Gasteiger partial charge on any atom is 0.201 e. The van der Waals surface area contributed by atoms with E-state index in [1.54, 1.807) is 6.26 Å². The average Bonchev–Trinajstić information content (AvgIpc) is 2.79. The molecule has 0 saturated carbocycles. The number of hydrogen-bond donors (Lipinski definition) is 0. The van der Waals surface area contributed by atoms with Crippen LogP contribution >= 0.6 is 0 Å². The van der Waals surface area contributed by atoms with Crippen LogP contribution in [0.3, 0.4) is 0 Å². The zero-order valence-corrected chi connectivity index (χ0v) is 7.47. The smallest absolute Gasteiger partial charge is 0.201 e. The van der Waals surface area contributed by atoms with E-state index < -0.39 is 0 Å². The highest BCUT2D eigenvalue weighted by Crippen LogP contribution is 2.09. The van der Waals surface area contributed by atoms with Gasteiger partial charge in [0.1, 0.15) is 18.3 Å². The summed E-state index contributed by atoms with van der Waals surface area (Å²) in [6, 6.07) is 3.66. The van der Waals surface area contributed by atoms with Gasteiger partial charge in [0.2, 0.25) is 5.89 Å². The molecule has 2 aromatic rings. The Morgan fingerprint density at radius 1 is 1.43 bits per heavy atom. The summed E-state index contributed by atoms with van der Waals surface area (Å²) in [6.45, 7) is 0. The first-order valence-corrected chi connectivity index (χ1v) is 4.28. The van der Waals surface area contributed by atoms with Crippen molar-refractivity contribution in [2.75, 3.05) is 0 Å². The minimum absolute atomic E-state index is 0.293. The predicted molar refractivity (Wildman–Crippen MR) is 47.8 cm³/mol. The number of aromatic nitrogens is 1. The normalized spacial score (nSPS) is 10.3. The summed E-state index contributed by atoms with van der Waals surface area (Å²) in [4.78, 5) is 14.3. The maximum atomic E-state index is 10.2. The van der Waals surface area contributed by atoms with Gasteiger partial charge in [0.25, 0.3) is 0 Å². The summed E-state index contributed by atoms with van der Waals surface area (Å²) < 4.78 is 10.3. The molecule has 0 atom stereocenters. The van der Waals surface area contributed by atoms with E-state index in [4.69, 9.17) is 8.83 Å². The van der Waals surface area contributed by atoms with Crippen molar-refractivity contribution in [1.82, 2.24) is 4.98 Å². The molecule has 0 amide bonds. The molecule has 0 unspecified atom stereocenters. The summed E-state index contributed by atoms with van der Waals surface area (Å²) in [5.41, 5.74) is 0.654. The van der Waals surface area contributed by atoms with Crippen LogP contribution in [0.25, 0.3) is 0 Å². The molecule has 0 saturated heterocycles. The van der Waals surface area contributed by atoms with Crippen molar-refractivity contribution >= 4 is 6.29 Å². The molecule has 0 aliphatic carbocycles. The summed E-state index contributed by atoms with van der Waals surface area (Å²) in [7, 11) is 0. The molecule has 0 aromatic carbocycles. The highest BCUT2D eigenvalue weighted by atomic mass is 16.4. The Kier molecular flexibility index (Phi) is 2.44. The van der Waals surface area contributed by atoms with Gasteiger partial charge in [-0.3, -0.25) is 0 Å². The minimum atomic E-state index is 0.293. The van der Waals surface area contributed by atoms with Crippen LogP contribution in [0.2, 0.25) is 0 Å². The Labute approximate surface area is 80.6 Å². The molecule has 2 heterocycles. The quantitative estimate of drug-likeness (QED) is 0.689. The highest BCUT2D eigenvalue weighted by molar-refractivity contribution is 5.53. The van der Waals surface area contributed by atoms with Crippen LogP contribution < -0.4 is 0 Å². The van der Waals surface area contributed by atoms with Crippen LogP contribution in [0.1, 0.15) is 17.3 Å². The lowest BCUT2D eigenvalue weighted by molar-refractivity contribution is -0.107. The number of nitrogens with zero attached hydrogens (tertiary/aromatic N) is 1. The molecule has 4 nitrogen and oxygen atoms in total. The van der Waals surface area contributed by atoms with E-state index >= 15 is 0 Å². The van der Waals surface area contributed by atoms with Gasteiger partial charge in [-0.15, -0.1) is 0 Å². The second-order valence-corrected chi connectivity index (χ2v) is 2.86. The van der Waals surface area contributed by atoms with Crippen molar-refractivity contribution in [2.45, 2.75) is 12.8 Å². The van der Waals surface area contributed by atoms with E-state index in [1.807, 2.05) is 12.1 Å². The first-order valence-electron chi connectivity index (χ1n) is 4.28. The number of rotatable bonds is 4. The van der Waals surface area contributed by atoms with E-state index in [0.29, 0.717) is 24.4 Å². The van der Waals surface area contributed by atoms with Crippen molar-refractivity contribution in [1.29, 1.82) is 0 Å². The predicted octanol–water partition coefficient (Wildman–Crippen LogP) is 1.60. The number of hydrogen-bond acceptors (Lipinski definition) is 4. The zero-order chi connectivity index (χ0) is 9.80. The van der Waals surface area contributed by atoms with Gasteiger partial charge in [0.15, 0.2) is 0 Å². The third kappa shape index (κ3) is 1.90. The fourth-order valence-electron chi connectivity index (χ4n) is 1.17. The number of furan rings is 1. The minimum Gasteiger partial charge on any atom is -0.469 e. The Balaban J connectivity index is 2.06. The molecule has 4 heteroatoms. The van der Waals surface area contributed by atoms with Gasteiger partial charge in [0.05, 0.1) is 18.4 Å².